The summed E-state index contributed by atoms with van der Waals surface area (Å²) in [5, 5.41) is 1.34. The van der Waals surface area contributed by atoms with Crippen molar-refractivity contribution in [2.75, 3.05) is 9.80 Å². The molecule has 1 aliphatic carbocycles. The second-order valence-electron chi connectivity index (χ2n) is 27.6. The Labute approximate surface area is 420 Å². The lowest BCUT2D eigenvalue weighted by Crippen LogP contribution is -2.60. The van der Waals surface area contributed by atoms with Crippen molar-refractivity contribution in [3.05, 3.63) is 148 Å². The molecule has 0 amide bonds. The summed E-state index contributed by atoms with van der Waals surface area (Å²) in [7, 11) is 0. The Kier molecular flexibility index (Phi) is 10.5. The zero-order valence-corrected chi connectivity index (χ0v) is 46.3. The Morgan fingerprint density at radius 1 is 0.449 bits per heavy atom. The van der Waals surface area contributed by atoms with Crippen LogP contribution in [0.15, 0.2) is 109 Å². The molecule has 2 nitrogen and oxygen atoms in total. The van der Waals surface area contributed by atoms with Crippen molar-refractivity contribution >= 4 is 78.0 Å². The Balaban J connectivity index is 1.36. The fraction of sp³-hybridized carbons (Fsp3) is 0.415. The lowest BCUT2D eigenvalue weighted by molar-refractivity contribution is 0.403. The van der Waals surface area contributed by atoms with Crippen LogP contribution in [0.5, 0.6) is 0 Å². The van der Waals surface area contributed by atoms with Crippen molar-refractivity contribution in [1.29, 1.82) is 0 Å². The molecular formula is C65H77BN2S. The number of fused-ring (bicyclic) bond motifs is 7. The van der Waals surface area contributed by atoms with Crippen molar-refractivity contribution in [1.82, 2.24) is 0 Å². The zero-order chi connectivity index (χ0) is 49.9. The van der Waals surface area contributed by atoms with E-state index in [9.17, 15) is 0 Å². The van der Waals surface area contributed by atoms with Gasteiger partial charge in [-0.3, -0.25) is 0 Å². The highest BCUT2D eigenvalue weighted by Crippen LogP contribution is 2.54. The van der Waals surface area contributed by atoms with Gasteiger partial charge in [-0.1, -0.05) is 186 Å². The number of benzene rings is 6. The first-order valence-electron chi connectivity index (χ1n) is 25.8. The van der Waals surface area contributed by atoms with E-state index in [1.54, 1.807) is 0 Å². The van der Waals surface area contributed by atoms with Crippen molar-refractivity contribution in [3.8, 4) is 11.1 Å². The second-order valence-corrected chi connectivity index (χ2v) is 28.6. The molecule has 69 heavy (non-hydrogen) atoms. The minimum absolute atomic E-state index is 0.0143. The van der Waals surface area contributed by atoms with E-state index < -0.39 is 0 Å². The minimum atomic E-state index is -0.126. The van der Waals surface area contributed by atoms with Crippen LogP contribution in [0.2, 0.25) is 0 Å². The van der Waals surface area contributed by atoms with Gasteiger partial charge in [0.2, 0.25) is 0 Å². The van der Waals surface area contributed by atoms with Crippen molar-refractivity contribution < 1.29 is 0 Å². The molecular weight excluding hydrogens is 852 g/mol. The van der Waals surface area contributed by atoms with Crippen LogP contribution in [0.25, 0.3) is 21.2 Å². The van der Waals surface area contributed by atoms with Gasteiger partial charge in [-0.25, -0.2) is 0 Å². The monoisotopic (exact) mass is 929 g/mol. The molecule has 2 aliphatic heterocycles. The number of nitrogens with zero attached hydrogens (tertiary/aromatic N) is 2. The van der Waals surface area contributed by atoms with Gasteiger partial charge in [0.05, 0.1) is 11.4 Å². The van der Waals surface area contributed by atoms with Gasteiger partial charge < -0.3 is 9.80 Å². The van der Waals surface area contributed by atoms with Crippen LogP contribution in [0.1, 0.15) is 177 Å². The molecule has 0 N–H and O–H groups in total. The molecule has 0 saturated carbocycles. The van der Waals surface area contributed by atoms with Crippen LogP contribution in [0.3, 0.4) is 0 Å². The van der Waals surface area contributed by atoms with Crippen LogP contribution in [0.4, 0.5) is 34.1 Å². The average Bonchev–Trinajstić information content (AvgIpc) is 3.71. The van der Waals surface area contributed by atoms with E-state index in [1.807, 2.05) is 11.3 Å². The Hall–Kier alpha value is -5.06. The third kappa shape index (κ3) is 7.82. The van der Waals surface area contributed by atoms with Crippen LogP contribution < -0.4 is 25.5 Å². The number of thiophene rings is 1. The molecule has 0 atom stereocenters. The predicted octanol–water partition coefficient (Wildman–Crippen LogP) is 17.1. The van der Waals surface area contributed by atoms with Gasteiger partial charge in [0.1, 0.15) is 0 Å². The van der Waals surface area contributed by atoms with Crippen LogP contribution in [-0.2, 0) is 37.9 Å². The minimum Gasteiger partial charge on any atom is -0.311 e. The summed E-state index contributed by atoms with van der Waals surface area (Å²) in [6.07, 6.45) is 1.14. The van der Waals surface area contributed by atoms with Crippen LogP contribution in [-0.4, -0.2) is 6.71 Å². The quantitative estimate of drug-likeness (QED) is 0.163. The highest BCUT2D eigenvalue weighted by atomic mass is 32.1. The third-order valence-electron chi connectivity index (χ3n) is 16.0. The van der Waals surface area contributed by atoms with E-state index in [-0.39, 0.29) is 44.6 Å². The first-order chi connectivity index (χ1) is 31.8. The molecule has 0 spiro atoms. The topological polar surface area (TPSA) is 6.48 Å². The second kappa shape index (κ2) is 15.2. The first-order valence-corrected chi connectivity index (χ1v) is 26.6. The van der Waals surface area contributed by atoms with Crippen molar-refractivity contribution in [2.45, 2.75) is 176 Å². The fourth-order valence-corrected chi connectivity index (χ4v) is 13.4. The molecule has 0 radical (unpaired) electrons. The summed E-state index contributed by atoms with van der Waals surface area (Å²) in [6.45, 7) is 45.1. The normalized spacial score (nSPS) is 16.4. The SMILES string of the molecule is CC(C)(C)c1ccc(N2c3ccc(C(C)(C)C)cc3B3c4sc5ccc(C(C)(C)C)cc5c4N(c4ccc(C(C)(C)C)cc4-c4ccc5c(c4)C(C)(C)CC5(C)C)c4cc(C(C)(C)C)cc2c43)cc1. The predicted molar refractivity (Wildman–Crippen MR) is 305 cm³/mol. The van der Waals surface area contributed by atoms with Crippen LogP contribution in [0, 0.1) is 0 Å². The Morgan fingerprint density at radius 2 is 0.957 bits per heavy atom. The van der Waals surface area contributed by atoms with Crippen molar-refractivity contribution in [2.24, 2.45) is 0 Å². The van der Waals surface area contributed by atoms with E-state index >= 15 is 0 Å². The van der Waals surface area contributed by atoms with E-state index in [2.05, 4.69) is 251 Å². The molecule has 4 heteroatoms. The fourth-order valence-electron chi connectivity index (χ4n) is 12.1. The molecule has 7 aromatic rings. The van der Waals surface area contributed by atoms with Gasteiger partial charge in [0, 0.05) is 43.2 Å². The molecule has 3 heterocycles. The van der Waals surface area contributed by atoms with Gasteiger partial charge in [-0.2, -0.15) is 0 Å². The Morgan fingerprint density at radius 3 is 1.55 bits per heavy atom. The summed E-state index contributed by atoms with van der Waals surface area (Å²) >= 11 is 2.01. The van der Waals surface area contributed by atoms with Gasteiger partial charge in [0.25, 0.3) is 6.71 Å². The zero-order valence-electron chi connectivity index (χ0n) is 45.5. The highest BCUT2D eigenvalue weighted by molar-refractivity contribution is 7.33. The number of hydrogen-bond acceptors (Lipinski definition) is 3. The average molecular weight is 929 g/mol. The lowest BCUT2D eigenvalue weighted by Gasteiger charge is -2.45. The summed E-state index contributed by atoms with van der Waals surface area (Å²) in [4.78, 5) is 5.36. The van der Waals surface area contributed by atoms with Gasteiger partial charge in [-0.05, 0) is 154 Å². The van der Waals surface area contributed by atoms with E-state index in [0.717, 1.165) is 6.42 Å². The summed E-state index contributed by atoms with van der Waals surface area (Å²) in [5.41, 5.74) is 22.7. The summed E-state index contributed by atoms with van der Waals surface area (Å²) in [5.74, 6) is 0. The van der Waals surface area contributed by atoms with Gasteiger partial charge in [-0.15, -0.1) is 11.3 Å². The highest BCUT2D eigenvalue weighted by Gasteiger charge is 2.47. The molecule has 6 aromatic carbocycles. The van der Waals surface area contributed by atoms with Gasteiger partial charge >= 0.3 is 0 Å². The van der Waals surface area contributed by atoms with Crippen LogP contribution >= 0.6 is 11.3 Å². The largest absolute Gasteiger partial charge is 0.311 e. The molecule has 0 bridgehead atoms. The molecule has 1 aromatic heterocycles. The Bertz CT molecular complexity index is 3210. The van der Waals surface area contributed by atoms with Gasteiger partial charge in [0.15, 0.2) is 0 Å². The molecule has 3 aliphatic rings. The van der Waals surface area contributed by atoms with E-state index in [1.165, 1.54) is 110 Å². The molecule has 356 valence electrons. The maximum atomic E-state index is 2.74. The maximum Gasteiger partial charge on any atom is 0.264 e. The summed E-state index contributed by atoms with van der Waals surface area (Å²) < 4.78 is 2.76. The number of hydrogen-bond donors (Lipinski definition) is 0. The van der Waals surface area contributed by atoms with E-state index in [4.69, 9.17) is 0 Å². The lowest BCUT2D eigenvalue weighted by atomic mass is 9.36. The first kappa shape index (κ1) is 47.6. The smallest absolute Gasteiger partial charge is 0.264 e. The molecule has 0 saturated heterocycles. The molecule has 0 unspecified atom stereocenters. The van der Waals surface area contributed by atoms with E-state index in [0.29, 0.717) is 0 Å². The number of rotatable bonds is 3. The van der Waals surface area contributed by atoms with Crippen molar-refractivity contribution in [3.63, 3.8) is 0 Å². The summed E-state index contributed by atoms with van der Waals surface area (Å²) in [6, 6.07) is 44.3. The maximum absolute atomic E-state index is 2.74. The molecule has 10 rings (SSSR count). The molecule has 0 fully saturated rings. The third-order valence-corrected chi connectivity index (χ3v) is 17.3. The standard InChI is InChI=1S/C65H77BN2S/c1-59(2,3)40-21-26-45(27-22-40)67-52-30-24-43(62(10,11)12)35-50(52)66-56-53(67)36-44(63(13,14)15)37-54(56)68(57-47-34-42(61(7,8)9)25-31-55(47)69-58(57)66)51-29-23-41(60(4,5)6)33-46(51)39-20-28-48-49(32-39)65(18,19)38-64(48,16)17/h20-37H,38H2,1-19H3. The number of anilines is 6.